The van der Waals surface area contributed by atoms with E-state index in [1.807, 2.05) is 158 Å². The van der Waals surface area contributed by atoms with E-state index in [4.69, 9.17) is 23.9 Å². The van der Waals surface area contributed by atoms with Crippen molar-refractivity contribution in [1.82, 2.24) is 4.98 Å². The zero-order chi connectivity index (χ0) is 42.5. The van der Waals surface area contributed by atoms with Crippen LogP contribution in [0, 0.1) is 0 Å². The smallest absolute Gasteiger partial charge is 0.186 e. The van der Waals surface area contributed by atoms with Crippen LogP contribution in [0.15, 0.2) is 180 Å². The lowest BCUT2D eigenvalue weighted by molar-refractivity contribution is -0.178. The largest absolute Gasteiger partial charge is 0.504 e. The summed E-state index contributed by atoms with van der Waals surface area (Å²) in [7, 11) is 0. The predicted molar refractivity (Wildman–Crippen MR) is 243 cm³/mol. The van der Waals surface area contributed by atoms with Crippen LogP contribution in [0.2, 0.25) is 0 Å². The zero-order valence-corrected chi connectivity index (χ0v) is 35.5. The van der Waals surface area contributed by atoms with Crippen molar-refractivity contribution in [2.45, 2.75) is 54.0 Å². The summed E-state index contributed by atoms with van der Waals surface area (Å²) in [5.74, 6) is 0.343. The second-order valence-electron chi connectivity index (χ2n) is 15.2. The number of phenols is 2. The van der Waals surface area contributed by atoms with E-state index in [2.05, 4.69) is 0 Å². The van der Waals surface area contributed by atoms with E-state index in [0.29, 0.717) is 32.7 Å². The number of benzene rings is 7. The summed E-state index contributed by atoms with van der Waals surface area (Å²) in [6, 6.07) is 55.7. The Morgan fingerprint density at radius 3 is 1.87 bits per heavy atom. The van der Waals surface area contributed by atoms with Crippen molar-refractivity contribution in [1.29, 1.82) is 0 Å². The number of rotatable bonds is 15. The molecule has 7 aromatic carbocycles. The quantitative estimate of drug-likeness (QED) is 0.0975. The van der Waals surface area contributed by atoms with E-state index in [-0.39, 0.29) is 43.5 Å². The van der Waals surface area contributed by atoms with Gasteiger partial charge in [0.05, 0.1) is 27.1 Å². The van der Waals surface area contributed by atoms with Crippen molar-refractivity contribution in [2.24, 2.45) is 0 Å². The molecule has 1 aliphatic heterocycles. The highest BCUT2D eigenvalue weighted by Crippen LogP contribution is 2.66. The maximum atomic E-state index is 15.5. The second kappa shape index (κ2) is 17.8. The highest BCUT2D eigenvalue weighted by molar-refractivity contribution is 8.02. The number of carbonyl (C=O) groups excluding carboxylic acids is 1. The number of hydrogen-bond donors (Lipinski definition) is 2. The third kappa shape index (κ3) is 8.12. The molecular formula is C52H43NO7S2. The lowest BCUT2D eigenvalue weighted by atomic mass is 9.67. The molecule has 0 amide bonds. The van der Waals surface area contributed by atoms with Gasteiger partial charge in [-0.3, -0.25) is 4.79 Å². The summed E-state index contributed by atoms with van der Waals surface area (Å²) in [6.07, 6.45) is -0.925. The van der Waals surface area contributed by atoms with Crippen molar-refractivity contribution in [3.8, 4) is 28.7 Å². The van der Waals surface area contributed by atoms with Crippen molar-refractivity contribution in [3.05, 3.63) is 209 Å². The molecule has 0 fully saturated rings. The molecule has 10 heteroatoms. The third-order valence-electron chi connectivity index (χ3n) is 11.1. The number of aromatic hydroxyl groups is 2. The number of hydrogen-bond acceptors (Lipinski definition) is 10. The molecule has 0 saturated carbocycles. The number of thioether (sulfide) groups is 1. The first-order valence-corrected chi connectivity index (χ1v) is 21.9. The molecule has 0 bridgehead atoms. The van der Waals surface area contributed by atoms with Crippen LogP contribution in [0.1, 0.15) is 46.4 Å². The molecule has 9 rings (SSSR count). The molecule has 2 N–H and O–H groups in total. The predicted octanol–water partition coefficient (Wildman–Crippen LogP) is 11.8. The molecule has 0 spiro atoms. The first-order valence-electron chi connectivity index (χ1n) is 20.3. The second-order valence-corrected chi connectivity index (χ2v) is 17.8. The lowest BCUT2D eigenvalue weighted by Crippen LogP contribution is -2.64. The van der Waals surface area contributed by atoms with E-state index >= 15 is 4.79 Å². The average molecular weight is 858 g/mol. The molecule has 62 heavy (non-hydrogen) atoms. The van der Waals surface area contributed by atoms with Gasteiger partial charge in [0.25, 0.3) is 0 Å². The lowest BCUT2D eigenvalue weighted by Gasteiger charge is -2.55. The number of fused-ring (bicyclic) bond motifs is 2. The molecule has 8 aromatic rings. The number of Topliss-reactive ketones (excluding diaryl/α,β-unsaturated/α-hetero) is 1. The van der Waals surface area contributed by atoms with Crippen LogP contribution >= 0.6 is 23.1 Å². The molecule has 8 nitrogen and oxygen atoms in total. The first-order chi connectivity index (χ1) is 30.3. The third-order valence-corrected chi connectivity index (χ3v) is 13.7. The van der Waals surface area contributed by atoms with E-state index in [1.165, 1.54) is 42.2 Å². The van der Waals surface area contributed by atoms with Crippen LogP contribution in [0.4, 0.5) is 0 Å². The topological polar surface area (TPSA) is 107 Å². The number of ketones is 1. The first kappa shape index (κ1) is 40.8. The molecule has 0 radical (unpaired) electrons. The maximum Gasteiger partial charge on any atom is 0.186 e. The number of thiazole rings is 1. The zero-order valence-electron chi connectivity index (χ0n) is 33.8. The van der Waals surface area contributed by atoms with Gasteiger partial charge in [-0.25, -0.2) is 4.98 Å². The van der Waals surface area contributed by atoms with Crippen LogP contribution in [0.25, 0.3) is 10.2 Å². The summed E-state index contributed by atoms with van der Waals surface area (Å²) in [6.45, 7) is 2.05. The Labute approximate surface area is 368 Å². The summed E-state index contributed by atoms with van der Waals surface area (Å²) in [4.78, 5) is 20.6. The van der Waals surface area contributed by atoms with Crippen molar-refractivity contribution in [3.63, 3.8) is 0 Å². The fourth-order valence-corrected chi connectivity index (χ4v) is 11.2. The fourth-order valence-electron chi connectivity index (χ4n) is 8.19. The molecule has 1 aliphatic rings. The fraction of sp³-hybridized carbons (Fsp3) is 0.154. The summed E-state index contributed by atoms with van der Waals surface area (Å²) >= 11 is 2.99. The van der Waals surface area contributed by atoms with Crippen LogP contribution < -0.4 is 14.2 Å². The van der Waals surface area contributed by atoms with E-state index in [1.54, 1.807) is 6.07 Å². The van der Waals surface area contributed by atoms with Gasteiger partial charge >= 0.3 is 0 Å². The molecule has 310 valence electrons. The Bertz CT molecular complexity index is 2770. The maximum absolute atomic E-state index is 15.5. The minimum Gasteiger partial charge on any atom is -0.504 e. The van der Waals surface area contributed by atoms with Gasteiger partial charge in [0.2, 0.25) is 0 Å². The monoisotopic (exact) mass is 857 g/mol. The van der Waals surface area contributed by atoms with Gasteiger partial charge < -0.3 is 29.2 Å². The Hall–Kier alpha value is -6.59. The van der Waals surface area contributed by atoms with Gasteiger partial charge in [-0.1, -0.05) is 151 Å². The molecule has 0 saturated heterocycles. The SMILES string of the molecule is CC(=O)[C@]1(OCc2ccccc2)[C@@H](c2ccc(O)c(O)c2)Oc2cc(OCc3ccccc3)cc(OCc3ccccc3)c2C1(Cc1ccccc1)Sc1nc2ccccc2s1. The molecule has 0 aliphatic carbocycles. The Morgan fingerprint density at radius 1 is 0.677 bits per heavy atom. The van der Waals surface area contributed by atoms with Crippen molar-refractivity contribution in [2.75, 3.05) is 0 Å². The standard InChI is InChI=1S/C52H43NO7S2/c1-35(54)52(59-34-39-22-12-5-13-23-39)49(40-26-27-43(55)44(56)28-40)60-46-30-41(57-32-37-18-8-3-9-19-37)29-45(58-33-38-20-10-4-11-21-38)48(46)51(52,31-36-16-6-2-7-17-36)62-50-53-42-24-14-15-25-47(42)61-50/h2-30,49,55-56H,31-34H2,1H3/t49-,51?,52+/m1/s1. The molecule has 3 atom stereocenters. The van der Waals surface area contributed by atoms with Crippen molar-refractivity contribution >= 4 is 39.1 Å². The number of para-hydroxylation sites is 1. The minimum atomic E-state index is -1.85. The number of phenolic OH excluding ortho intramolecular Hbond substituents is 2. The molecular weight excluding hydrogens is 815 g/mol. The highest BCUT2D eigenvalue weighted by atomic mass is 32.2. The number of ether oxygens (including phenoxy) is 4. The van der Waals surface area contributed by atoms with Gasteiger partial charge in [-0.15, -0.1) is 11.3 Å². The normalized spacial score (nSPS) is 18.1. The highest BCUT2D eigenvalue weighted by Gasteiger charge is 2.68. The van der Waals surface area contributed by atoms with Gasteiger partial charge in [-0.2, -0.15) is 0 Å². The van der Waals surface area contributed by atoms with E-state index in [0.717, 1.165) is 32.5 Å². The Balaban J connectivity index is 1.35. The van der Waals surface area contributed by atoms with E-state index < -0.39 is 16.5 Å². The Morgan fingerprint density at radius 2 is 1.26 bits per heavy atom. The molecule has 1 unspecified atom stereocenters. The summed E-state index contributed by atoms with van der Waals surface area (Å²) < 4.78 is 28.4. The van der Waals surface area contributed by atoms with Crippen molar-refractivity contribution < 1.29 is 34.0 Å². The minimum absolute atomic E-state index is 0.0368. The van der Waals surface area contributed by atoms with E-state index in [9.17, 15) is 10.2 Å². The summed E-state index contributed by atoms with van der Waals surface area (Å²) in [5, 5.41) is 21.7. The van der Waals surface area contributed by atoms with Crippen LogP contribution in [0.5, 0.6) is 28.7 Å². The van der Waals surface area contributed by atoms with Crippen LogP contribution in [0.3, 0.4) is 0 Å². The average Bonchev–Trinajstić information content (AvgIpc) is 3.71. The number of aromatic nitrogens is 1. The van der Waals surface area contributed by atoms with Gasteiger partial charge in [0.1, 0.15) is 30.5 Å². The summed E-state index contributed by atoms with van der Waals surface area (Å²) in [5.41, 5.74) is 3.67. The van der Waals surface area contributed by atoms with Crippen LogP contribution in [-0.2, 0) is 40.5 Å². The molecule has 1 aromatic heterocycles. The molecule has 2 heterocycles. The Kier molecular flexibility index (Phi) is 11.7. The van der Waals surface area contributed by atoms with Gasteiger partial charge in [0.15, 0.2) is 33.3 Å². The number of nitrogens with zero attached hydrogens (tertiary/aromatic N) is 1. The number of carbonyl (C=O) groups is 1. The van der Waals surface area contributed by atoms with Gasteiger partial charge in [0, 0.05) is 12.1 Å². The van der Waals surface area contributed by atoms with Gasteiger partial charge in [-0.05, 0) is 65.4 Å². The van der Waals surface area contributed by atoms with Crippen LogP contribution in [-0.4, -0.2) is 26.6 Å².